The summed E-state index contributed by atoms with van der Waals surface area (Å²) >= 11 is 0. The molecule has 1 spiro atoms. The van der Waals surface area contributed by atoms with E-state index in [0.29, 0.717) is 19.3 Å². The van der Waals surface area contributed by atoms with Crippen molar-refractivity contribution < 1.29 is 57.6 Å². The van der Waals surface area contributed by atoms with Crippen LogP contribution < -0.4 is 0 Å². The third-order valence-corrected chi connectivity index (χ3v) is 14.6. The Labute approximate surface area is 313 Å². The van der Waals surface area contributed by atoms with Gasteiger partial charge < -0.3 is 52.8 Å². The number of aliphatic hydroxyl groups is 2. The monoisotopic (exact) mass is 746 g/mol. The van der Waals surface area contributed by atoms with Gasteiger partial charge in [0.1, 0.15) is 36.3 Å². The molecule has 19 atom stereocenters. The van der Waals surface area contributed by atoms with Gasteiger partial charge in [0.2, 0.25) is 0 Å². The molecule has 0 aromatic heterocycles. The summed E-state index contributed by atoms with van der Waals surface area (Å²) < 4.78 is 60.3. The van der Waals surface area contributed by atoms with Crippen LogP contribution in [0.1, 0.15) is 104 Å². The molecule has 10 aliphatic rings. The Balaban J connectivity index is 1.00. The van der Waals surface area contributed by atoms with Crippen molar-refractivity contribution in [1.29, 1.82) is 0 Å². The minimum atomic E-state index is -0.947. The van der Waals surface area contributed by atoms with Crippen LogP contribution in [0, 0.1) is 17.3 Å². The van der Waals surface area contributed by atoms with Crippen molar-refractivity contribution in [2.75, 3.05) is 13.7 Å². The van der Waals surface area contributed by atoms with E-state index >= 15 is 0 Å². The van der Waals surface area contributed by atoms with Gasteiger partial charge in [-0.25, -0.2) is 0 Å². The lowest BCUT2D eigenvalue weighted by molar-refractivity contribution is -0.292. The second-order valence-corrected chi connectivity index (χ2v) is 18.7. The zero-order chi connectivity index (χ0) is 36.8. The van der Waals surface area contributed by atoms with Crippen molar-refractivity contribution in [3.05, 3.63) is 12.2 Å². The van der Waals surface area contributed by atoms with Gasteiger partial charge in [-0.15, -0.1) is 0 Å². The number of carbonyl (C=O) groups excluding carboxylic acids is 1. The Bertz CT molecular complexity index is 1370. The van der Waals surface area contributed by atoms with Crippen molar-refractivity contribution in [3.8, 4) is 0 Å². The van der Waals surface area contributed by atoms with Gasteiger partial charge >= 0.3 is 0 Å². The SMILES string of the molecule is C=C1C2C[C@@H]3OC(CC(O)CO)[C@H](OC)C3CC(=O)CC3CC[C@@H]4O[C@@H]5C6O[C@@H]7C[C@](CCC8CC(C)(C)C(CC[C@@H](C[C@H]1C)O2)O8)(OC6C4O3)OC57. The van der Waals surface area contributed by atoms with Gasteiger partial charge in [0.15, 0.2) is 5.79 Å². The Kier molecular flexibility index (Phi) is 10.2. The molecular formula is C41H62O12. The minimum absolute atomic E-state index is 0.0261. The Morgan fingerprint density at radius 2 is 1.58 bits per heavy atom. The third-order valence-electron chi connectivity index (χ3n) is 14.6. The Morgan fingerprint density at radius 1 is 0.811 bits per heavy atom. The fourth-order valence-corrected chi connectivity index (χ4v) is 11.8. The molecule has 10 saturated heterocycles. The first-order chi connectivity index (χ1) is 25.4. The maximum Gasteiger partial charge on any atom is 0.172 e. The molecule has 0 radical (unpaired) electrons. The van der Waals surface area contributed by atoms with E-state index in [1.54, 1.807) is 7.11 Å². The number of aliphatic hydroxyl groups excluding tert-OH is 2. The topological polar surface area (TPSA) is 141 Å². The zero-order valence-corrected chi connectivity index (χ0v) is 32.0. The van der Waals surface area contributed by atoms with Gasteiger partial charge in [0.25, 0.3) is 0 Å². The number of ether oxygens (including phenoxy) is 9. The standard InChI is InChI=1S/C41H62O12/c1-20-12-24-7-9-33-40(3,4)17-26(47-33)10-11-41-18-32-36(52-41)37-38(51-32)39(53-41)35-28(50-37)8-6-25(48-35)13-22(43)14-27-30(16-29(46-24)21(20)2)49-31(34(27)45-5)15-23(44)19-42/h20,23-39,42,44H,2,6-19H2,1,3-5H3/t20-,23?,24+,25?,26?,27?,28+,29?,30+,31?,32-,33?,34-,35?,36?,37+,38?,39?,41+/m1/s1. The average Bonchev–Trinajstić information content (AvgIpc) is 3.77. The van der Waals surface area contributed by atoms with Gasteiger partial charge in [-0.2, -0.15) is 0 Å². The number of hydrogen-bond donors (Lipinski definition) is 2. The fraction of sp³-hybridized carbons (Fsp3) is 0.927. The molecule has 0 aromatic rings. The van der Waals surface area contributed by atoms with Crippen LogP contribution in [-0.2, 0) is 47.4 Å². The Hall–Kier alpha value is -1.03. The number of ketones is 1. The molecule has 11 unspecified atom stereocenters. The van der Waals surface area contributed by atoms with Crippen molar-refractivity contribution in [2.24, 2.45) is 17.3 Å². The lowest BCUT2D eigenvalue weighted by Crippen LogP contribution is -2.61. The van der Waals surface area contributed by atoms with Crippen LogP contribution in [0.4, 0.5) is 0 Å². The Morgan fingerprint density at radius 3 is 2.40 bits per heavy atom. The molecule has 12 heteroatoms. The maximum absolute atomic E-state index is 14.1. The van der Waals surface area contributed by atoms with Crippen LogP contribution in [0.3, 0.4) is 0 Å². The van der Waals surface area contributed by atoms with Gasteiger partial charge in [-0.1, -0.05) is 27.4 Å². The highest BCUT2D eigenvalue weighted by molar-refractivity contribution is 5.79. The molecule has 12 bridgehead atoms. The molecule has 2 N–H and O–H groups in total. The van der Waals surface area contributed by atoms with E-state index in [4.69, 9.17) is 42.6 Å². The molecule has 10 rings (SSSR count). The molecule has 10 fully saturated rings. The van der Waals surface area contributed by atoms with Crippen molar-refractivity contribution >= 4 is 5.78 Å². The quantitative estimate of drug-likeness (QED) is 0.403. The second kappa shape index (κ2) is 14.4. The van der Waals surface area contributed by atoms with Gasteiger partial charge in [-0.05, 0) is 61.9 Å². The number of rotatable bonds is 4. The fourth-order valence-electron chi connectivity index (χ4n) is 11.8. The molecule has 298 valence electrons. The summed E-state index contributed by atoms with van der Waals surface area (Å²) in [6, 6.07) is 0. The van der Waals surface area contributed by atoms with Crippen LogP contribution in [-0.4, -0.2) is 133 Å². The van der Waals surface area contributed by atoms with E-state index in [-0.39, 0.29) is 128 Å². The lowest BCUT2D eigenvalue weighted by atomic mass is 9.79. The molecule has 12 nitrogen and oxygen atoms in total. The van der Waals surface area contributed by atoms with Crippen LogP contribution in [0.2, 0.25) is 0 Å². The van der Waals surface area contributed by atoms with E-state index in [2.05, 4.69) is 27.4 Å². The van der Waals surface area contributed by atoms with Crippen molar-refractivity contribution in [3.63, 3.8) is 0 Å². The number of fused-ring (bicyclic) bond motifs is 6. The lowest BCUT2D eigenvalue weighted by Gasteiger charge is -2.47. The van der Waals surface area contributed by atoms with Gasteiger partial charge in [0.05, 0.1) is 73.8 Å². The van der Waals surface area contributed by atoms with E-state index in [1.807, 2.05) is 0 Å². The summed E-state index contributed by atoms with van der Waals surface area (Å²) in [6.45, 7) is 11.0. The predicted octanol–water partition coefficient (Wildman–Crippen LogP) is 3.94. The molecule has 0 aliphatic carbocycles. The summed E-state index contributed by atoms with van der Waals surface area (Å²) in [5.74, 6) is -0.665. The number of methoxy groups -OCH3 is 1. The summed E-state index contributed by atoms with van der Waals surface area (Å²) in [5, 5.41) is 20.1. The first-order valence-corrected chi connectivity index (χ1v) is 20.7. The molecule has 10 aliphatic heterocycles. The summed E-state index contributed by atoms with van der Waals surface area (Å²) in [4.78, 5) is 14.1. The largest absolute Gasteiger partial charge is 0.394 e. The molecular weight excluding hydrogens is 684 g/mol. The van der Waals surface area contributed by atoms with Crippen LogP contribution in [0.5, 0.6) is 0 Å². The molecule has 10 heterocycles. The van der Waals surface area contributed by atoms with E-state index < -0.39 is 24.1 Å². The average molecular weight is 747 g/mol. The van der Waals surface area contributed by atoms with Crippen molar-refractivity contribution in [2.45, 2.75) is 208 Å². The number of carbonyl (C=O) groups is 1. The second-order valence-electron chi connectivity index (χ2n) is 18.7. The van der Waals surface area contributed by atoms with Crippen LogP contribution in [0.25, 0.3) is 0 Å². The number of hydrogen-bond acceptors (Lipinski definition) is 12. The highest BCUT2D eigenvalue weighted by Gasteiger charge is 2.69. The molecule has 0 aromatic carbocycles. The summed E-state index contributed by atoms with van der Waals surface area (Å²) in [5.41, 5.74) is 1.08. The van der Waals surface area contributed by atoms with Gasteiger partial charge in [-0.3, -0.25) is 4.79 Å². The first-order valence-electron chi connectivity index (χ1n) is 20.7. The molecule has 0 amide bonds. The first kappa shape index (κ1) is 37.5. The van der Waals surface area contributed by atoms with Crippen LogP contribution >= 0.6 is 0 Å². The normalized spacial score (nSPS) is 52.6. The van der Waals surface area contributed by atoms with E-state index in [9.17, 15) is 15.0 Å². The molecule has 53 heavy (non-hydrogen) atoms. The predicted molar refractivity (Wildman–Crippen MR) is 189 cm³/mol. The maximum atomic E-state index is 14.1. The number of Topliss-reactive ketones (excluding diaryl/α,β-unsaturated/α-hetero) is 1. The van der Waals surface area contributed by atoms with E-state index in [0.717, 1.165) is 50.5 Å². The summed E-state index contributed by atoms with van der Waals surface area (Å²) in [6.07, 6.45) is 4.80. The van der Waals surface area contributed by atoms with Crippen molar-refractivity contribution in [1.82, 2.24) is 0 Å². The van der Waals surface area contributed by atoms with Crippen LogP contribution in [0.15, 0.2) is 12.2 Å². The highest BCUT2D eigenvalue weighted by Crippen LogP contribution is 2.55. The zero-order valence-electron chi connectivity index (χ0n) is 32.0. The van der Waals surface area contributed by atoms with E-state index in [1.165, 1.54) is 0 Å². The summed E-state index contributed by atoms with van der Waals surface area (Å²) in [7, 11) is 1.64. The minimum Gasteiger partial charge on any atom is -0.394 e. The smallest absolute Gasteiger partial charge is 0.172 e. The molecule has 0 saturated carbocycles. The third kappa shape index (κ3) is 6.91. The van der Waals surface area contributed by atoms with Gasteiger partial charge in [0, 0.05) is 51.6 Å². The highest BCUT2D eigenvalue weighted by atomic mass is 16.8.